The first kappa shape index (κ1) is 17.1. The molecular formula is C18H22N4O3. The van der Waals surface area contributed by atoms with Gasteiger partial charge in [0, 0.05) is 31.5 Å². The topological polar surface area (TPSA) is 102 Å². The zero-order valence-electron chi connectivity index (χ0n) is 14.1. The lowest BCUT2D eigenvalue weighted by Crippen LogP contribution is -2.44. The number of carbonyl (C=O) groups is 2. The van der Waals surface area contributed by atoms with Crippen LogP contribution < -0.4 is 5.73 Å². The second kappa shape index (κ2) is 7.92. The summed E-state index contributed by atoms with van der Waals surface area (Å²) >= 11 is 0. The minimum absolute atomic E-state index is 0.0498. The van der Waals surface area contributed by atoms with Gasteiger partial charge in [-0.15, -0.1) is 0 Å². The van der Waals surface area contributed by atoms with E-state index in [9.17, 15) is 9.59 Å². The van der Waals surface area contributed by atoms with E-state index in [0.717, 1.165) is 18.4 Å². The van der Waals surface area contributed by atoms with Crippen molar-refractivity contribution in [1.29, 1.82) is 0 Å². The van der Waals surface area contributed by atoms with E-state index in [4.69, 9.17) is 10.3 Å². The molecule has 1 aromatic carbocycles. The van der Waals surface area contributed by atoms with Crippen molar-refractivity contribution in [2.75, 3.05) is 13.1 Å². The molecular weight excluding hydrogens is 320 g/mol. The van der Waals surface area contributed by atoms with E-state index >= 15 is 0 Å². The SMILES string of the molecule is NC(=O)[C@@H]1CCCN(C(=O)CCCc2nc(-c3ccccc3)no2)C1. The Labute approximate surface area is 146 Å². The number of nitrogens with two attached hydrogens (primary N) is 1. The van der Waals surface area contributed by atoms with Crippen molar-refractivity contribution < 1.29 is 14.1 Å². The number of aryl methyl sites for hydroxylation is 1. The first-order valence-electron chi connectivity index (χ1n) is 8.58. The van der Waals surface area contributed by atoms with Crippen LogP contribution in [-0.4, -0.2) is 39.9 Å². The number of piperidine rings is 1. The minimum atomic E-state index is -0.322. The zero-order chi connectivity index (χ0) is 17.6. The highest BCUT2D eigenvalue weighted by molar-refractivity contribution is 5.80. The van der Waals surface area contributed by atoms with E-state index in [0.29, 0.717) is 44.1 Å². The average molecular weight is 342 g/mol. The molecule has 0 radical (unpaired) electrons. The second-order valence-electron chi connectivity index (χ2n) is 6.31. The number of primary amides is 1. The molecule has 1 aromatic heterocycles. The van der Waals surface area contributed by atoms with E-state index < -0.39 is 0 Å². The first-order chi connectivity index (χ1) is 12.1. The van der Waals surface area contributed by atoms with Gasteiger partial charge < -0.3 is 15.2 Å². The van der Waals surface area contributed by atoms with Crippen LogP contribution in [-0.2, 0) is 16.0 Å². The molecule has 7 nitrogen and oxygen atoms in total. The van der Waals surface area contributed by atoms with Crippen LogP contribution in [0, 0.1) is 5.92 Å². The minimum Gasteiger partial charge on any atom is -0.369 e. The lowest BCUT2D eigenvalue weighted by Gasteiger charge is -2.31. The third kappa shape index (κ3) is 4.43. The predicted molar refractivity (Wildman–Crippen MR) is 91.2 cm³/mol. The van der Waals surface area contributed by atoms with Crippen LogP contribution in [0.25, 0.3) is 11.4 Å². The summed E-state index contributed by atoms with van der Waals surface area (Å²) < 4.78 is 5.25. The summed E-state index contributed by atoms with van der Waals surface area (Å²) in [5, 5.41) is 3.97. The third-order valence-corrected chi connectivity index (χ3v) is 4.46. The highest BCUT2D eigenvalue weighted by Crippen LogP contribution is 2.18. The Morgan fingerprint density at radius 1 is 1.28 bits per heavy atom. The lowest BCUT2D eigenvalue weighted by molar-refractivity contribution is -0.135. The maximum Gasteiger partial charge on any atom is 0.226 e. The number of hydrogen-bond donors (Lipinski definition) is 1. The lowest BCUT2D eigenvalue weighted by atomic mass is 9.97. The molecule has 2 N–H and O–H groups in total. The van der Waals surface area contributed by atoms with Gasteiger partial charge in [-0.3, -0.25) is 9.59 Å². The van der Waals surface area contributed by atoms with Gasteiger partial charge in [0.15, 0.2) is 0 Å². The molecule has 1 saturated heterocycles. The molecule has 1 aliphatic rings. The van der Waals surface area contributed by atoms with Gasteiger partial charge in [0.1, 0.15) is 0 Å². The molecule has 1 fully saturated rings. The number of amides is 2. The van der Waals surface area contributed by atoms with Crippen LogP contribution in [0.2, 0.25) is 0 Å². The molecule has 0 spiro atoms. The Morgan fingerprint density at radius 2 is 2.08 bits per heavy atom. The first-order valence-corrected chi connectivity index (χ1v) is 8.58. The van der Waals surface area contributed by atoms with Crippen LogP contribution in [0.4, 0.5) is 0 Å². The molecule has 1 atom stereocenters. The zero-order valence-corrected chi connectivity index (χ0v) is 14.1. The molecule has 0 bridgehead atoms. The number of nitrogens with zero attached hydrogens (tertiary/aromatic N) is 3. The van der Waals surface area contributed by atoms with E-state index in [1.54, 1.807) is 4.90 Å². The highest BCUT2D eigenvalue weighted by Gasteiger charge is 2.26. The molecule has 3 rings (SSSR count). The summed E-state index contributed by atoms with van der Waals surface area (Å²) in [7, 11) is 0. The summed E-state index contributed by atoms with van der Waals surface area (Å²) in [6, 6.07) is 9.61. The Kier molecular flexibility index (Phi) is 5.42. The van der Waals surface area contributed by atoms with Crippen molar-refractivity contribution in [3.05, 3.63) is 36.2 Å². The second-order valence-corrected chi connectivity index (χ2v) is 6.31. The van der Waals surface area contributed by atoms with Crippen LogP contribution >= 0.6 is 0 Å². The molecule has 132 valence electrons. The number of benzene rings is 1. The van der Waals surface area contributed by atoms with Crippen molar-refractivity contribution in [3.63, 3.8) is 0 Å². The molecule has 2 heterocycles. The van der Waals surface area contributed by atoms with E-state index in [1.165, 1.54) is 0 Å². The molecule has 0 unspecified atom stereocenters. The molecule has 2 aromatic rings. The van der Waals surface area contributed by atoms with Gasteiger partial charge in [-0.1, -0.05) is 35.5 Å². The third-order valence-electron chi connectivity index (χ3n) is 4.46. The van der Waals surface area contributed by atoms with Crippen LogP contribution in [0.5, 0.6) is 0 Å². The monoisotopic (exact) mass is 342 g/mol. The largest absolute Gasteiger partial charge is 0.369 e. The predicted octanol–water partition coefficient (Wildman–Crippen LogP) is 1.78. The van der Waals surface area contributed by atoms with E-state index in [-0.39, 0.29) is 17.7 Å². The summed E-state index contributed by atoms with van der Waals surface area (Å²) in [5.41, 5.74) is 6.25. The number of likely N-dealkylation sites (tertiary alicyclic amines) is 1. The van der Waals surface area contributed by atoms with Gasteiger partial charge in [0.05, 0.1) is 5.92 Å². The highest BCUT2D eigenvalue weighted by atomic mass is 16.5. The molecule has 7 heteroatoms. The molecule has 0 saturated carbocycles. The Morgan fingerprint density at radius 3 is 2.84 bits per heavy atom. The van der Waals surface area contributed by atoms with Crippen molar-refractivity contribution in [3.8, 4) is 11.4 Å². The summed E-state index contributed by atoms with van der Waals surface area (Å²) in [5.74, 6) is 0.593. The van der Waals surface area contributed by atoms with Gasteiger partial charge in [0.25, 0.3) is 0 Å². The Bertz CT molecular complexity index is 729. The summed E-state index contributed by atoms with van der Waals surface area (Å²) in [6.07, 6.45) is 3.17. The van der Waals surface area contributed by atoms with Gasteiger partial charge in [-0.2, -0.15) is 4.98 Å². The van der Waals surface area contributed by atoms with Crippen molar-refractivity contribution in [2.45, 2.75) is 32.1 Å². The van der Waals surface area contributed by atoms with Gasteiger partial charge >= 0.3 is 0 Å². The molecule has 25 heavy (non-hydrogen) atoms. The maximum atomic E-state index is 12.3. The fourth-order valence-corrected chi connectivity index (χ4v) is 3.05. The van der Waals surface area contributed by atoms with Gasteiger partial charge in [-0.05, 0) is 19.3 Å². The number of carbonyl (C=O) groups excluding carboxylic acids is 2. The quantitative estimate of drug-likeness (QED) is 0.862. The Balaban J connectivity index is 1.47. The number of rotatable bonds is 6. The normalized spacial score (nSPS) is 17.4. The van der Waals surface area contributed by atoms with Crippen molar-refractivity contribution in [1.82, 2.24) is 15.0 Å². The smallest absolute Gasteiger partial charge is 0.226 e. The van der Waals surface area contributed by atoms with Crippen molar-refractivity contribution >= 4 is 11.8 Å². The summed E-state index contributed by atoms with van der Waals surface area (Å²) in [6.45, 7) is 1.13. The van der Waals surface area contributed by atoms with E-state index in [2.05, 4.69) is 10.1 Å². The Hall–Kier alpha value is -2.70. The fourth-order valence-electron chi connectivity index (χ4n) is 3.05. The van der Waals surface area contributed by atoms with E-state index in [1.807, 2.05) is 30.3 Å². The van der Waals surface area contributed by atoms with Gasteiger partial charge in [-0.25, -0.2) is 0 Å². The maximum absolute atomic E-state index is 12.3. The number of aromatic nitrogens is 2. The van der Waals surface area contributed by atoms with Crippen LogP contribution in [0.1, 0.15) is 31.6 Å². The van der Waals surface area contributed by atoms with Crippen molar-refractivity contribution in [2.24, 2.45) is 11.7 Å². The van der Waals surface area contributed by atoms with Gasteiger partial charge in [0.2, 0.25) is 23.5 Å². The average Bonchev–Trinajstić information content (AvgIpc) is 3.11. The van der Waals surface area contributed by atoms with Crippen LogP contribution in [0.15, 0.2) is 34.9 Å². The summed E-state index contributed by atoms with van der Waals surface area (Å²) in [4.78, 5) is 29.7. The molecule has 2 amide bonds. The standard InChI is InChI=1S/C18H22N4O3/c19-17(24)14-8-5-11-22(12-14)16(23)10-4-9-15-20-18(21-25-15)13-6-2-1-3-7-13/h1-3,6-7,14H,4-5,8-12H2,(H2,19,24)/t14-/m1/s1. The molecule has 0 aliphatic carbocycles. The molecule has 1 aliphatic heterocycles. The van der Waals surface area contributed by atoms with Crippen LogP contribution in [0.3, 0.4) is 0 Å². The number of hydrogen-bond acceptors (Lipinski definition) is 5. The fraction of sp³-hybridized carbons (Fsp3) is 0.444.